The van der Waals surface area contributed by atoms with Gasteiger partial charge in [0.25, 0.3) is 5.95 Å². The van der Waals surface area contributed by atoms with Crippen LogP contribution in [0.4, 0.5) is 5.95 Å². The Morgan fingerprint density at radius 3 is 2.33 bits per heavy atom. The van der Waals surface area contributed by atoms with E-state index in [9.17, 15) is 4.79 Å². The lowest BCUT2D eigenvalue weighted by Gasteiger charge is -2.31. The lowest BCUT2D eigenvalue weighted by atomic mass is 9.82. The van der Waals surface area contributed by atoms with Crippen LogP contribution in [0, 0.1) is 5.92 Å². The lowest BCUT2D eigenvalue weighted by molar-refractivity contribution is -0.146. The van der Waals surface area contributed by atoms with Gasteiger partial charge >= 0.3 is 5.97 Å². The molecule has 2 aromatic heterocycles. The number of rotatable bonds is 8. The smallest absolute Gasteiger partial charge is 0.308 e. The standard InChI is InChI=1S/C28H32Cl2N4O5/c1-36-27(35)18-9-7-17(8-10-18)26-31-28(33-39-26)34-13-11-19(12-14-34)37-15-20-24(32-38-25(20)16-5-6-16)23-21(29)3-2-4-22(23)30/h2-4,16-19H,5-15H2,1H3. The van der Waals surface area contributed by atoms with E-state index in [0.29, 0.717) is 45.7 Å². The number of nitrogens with zero attached hydrogens (tertiary/aromatic N) is 4. The van der Waals surface area contributed by atoms with E-state index in [2.05, 4.69) is 15.2 Å². The molecule has 1 saturated heterocycles. The van der Waals surface area contributed by atoms with E-state index >= 15 is 0 Å². The van der Waals surface area contributed by atoms with Crippen molar-refractivity contribution < 1.29 is 23.3 Å². The summed E-state index contributed by atoms with van der Waals surface area (Å²) in [5, 5.41) is 9.71. The van der Waals surface area contributed by atoms with Crippen molar-refractivity contribution in [1.82, 2.24) is 15.3 Å². The molecule has 2 aliphatic carbocycles. The molecule has 9 nitrogen and oxygen atoms in total. The number of aromatic nitrogens is 3. The Morgan fingerprint density at radius 2 is 1.67 bits per heavy atom. The summed E-state index contributed by atoms with van der Waals surface area (Å²) in [5.41, 5.74) is 2.31. The van der Waals surface area contributed by atoms with Crippen LogP contribution in [0.5, 0.6) is 0 Å². The van der Waals surface area contributed by atoms with E-state index in [4.69, 9.17) is 46.7 Å². The summed E-state index contributed by atoms with van der Waals surface area (Å²) in [6.07, 6.45) is 7.26. The molecule has 2 saturated carbocycles. The van der Waals surface area contributed by atoms with Crippen LogP contribution in [0.3, 0.4) is 0 Å². The van der Waals surface area contributed by atoms with E-state index in [1.807, 2.05) is 18.2 Å². The summed E-state index contributed by atoms with van der Waals surface area (Å²) in [7, 11) is 1.45. The fourth-order valence-electron chi connectivity index (χ4n) is 5.74. The monoisotopic (exact) mass is 574 g/mol. The molecule has 0 spiro atoms. The molecule has 0 unspecified atom stereocenters. The van der Waals surface area contributed by atoms with Crippen LogP contribution in [-0.4, -0.2) is 47.6 Å². The van der Waals surface area contributed by atoms with Crippen molar-refractivity contribution in [3.05, 3.63) is 45.5 Å². The number of benzene rings is 1. The second-order valence-electron chi connectivity index (χ2n) is 10.7. The highest BCUT2D eigenvalue weighted by atomic mass is 35.5. The van der Waals surface area contributed by atoms with E-state index in [1.165, 1.54) is 7.11 Å². The topological polar surface area (TPSA) is 104 Å². The largest absolute Gasteiger partial charge is 0.469 e. The summed E-state index contributed by atoms with van der Waals surface area (Å²) in [5.74, 6) is 2.61. The van der Waals surface area contributed by atoms with Crippen molar-refractivity contribution >= 4 is 35.1 Å². The molecule has 39 heavy (non-hydrogen) atoms. The molecule has 0 atom stereocenters. The lowest BCUT2D eigenvalue weighted by Crippen LogP contribution is -2.37. The normalized spacial score (nSPS) is 22.3. The van der Waals surface area contributed by atoms with Crippen LogP contribution in [0.1, 0.15) is 80.4 Å². The molecule has 0 amide bonds. The Morgan fingerprint density at radius 1 is 0.974 bits per heavy atom. The van der Waals surface area contributed by atoms with Crippen molar-refractivity contribution in [3.8, 4) is 11.3 Å². The first kappa shape index (κ1) is 26.6. The Balaban J connectivity index is 1.05. The Hall–Kier alpha value is -2.62. The van der Waals surface area contributed by atoms with Crippen LogP contribution < -0.4 is 4.90 Å². The van der Waals surface area contributed by atoms with Crippen LogP contribution in [0.2, 0.25) is 10.0 Å². The van der Waals surface area contributed by atoms with Gasteiger partial charge in [-0.2, -0.15) is 4.98 Å². The van der Waals surface area contributed by atoms with Gasteiger partial charge in [0.05, 0.1) is 35.8 Å². The van der Waals surface area contributed by atoms with Gasteiger partial charge in [-0.05, 0) is 68.7 Å². The third-order valence-electron chi connectivity index (χ3n) is 8.20. The zero-order chi connectivity index (χ0) is 26.9. The predicted octanol–water partition coefficient (Wildman–Crippen LogP) is 6.54. The van der Waals surface area contributed by atoms with Gasteiger partial charge in [0.15, 0.2) is 0 Å². The van der Waals surface area contributed by atoms with Crippen LogP contribution in [0.15, 0.2) is 27.2 Å². The first-order valence-electron chi connectivity index (χ1n) is 13.7. The zero-order valence-corrected chi connectivity index (χ0v) is 23.4. The van der Waals surface area contributed by atoms with E-state index in [-0.39, 0.29) is 23.9 Å². The summed E-state index contributed by atoms with van der Waals surface area (Å²) < 4.78 is 22.7. The van der Waals surface area contributed by atoms with Gasteiger partial charge in [0, 0.05) is 36.1 Å². The molecule has 1 aromatic carbocycles. The summed E-state index contributed by atoms with van der Waals surface area (Å²) in [6.45, 7) is 1.96. The quantitative estimate of drug-likeness (QED) is 0.277. The Bertz CT molecular complexity index is 1290. The molecule has 11 heteroatoms. The second kappa shape index (κ2) is 11.5. The molecule has 3 aliphatic rings. The number of carbonyl (C=O) groups excluding carboxylic acids is 1. The molecule has 1 aliphatic heterocycles. The van der Waals surface area contributed by atoms with Crippen LogP contribution >= 0.6 is 23.2 Å². The van der Waals surface area contributed by atoms with E-state index < -0.39 is 0 Å². The van der Waals surface area contributed by atoms with Gasteiger partial charge < -0.3 is 23.4 Å². The molecule has 3 aromatic rings. The van der Waals surface area contributed by atoms with Crippen molar-refractivity contribution in [3.63, 3.8) is 0 Å². The number of ether oxygens (including phenoxy) is 2. The highest BCUT2D eigenvalue weighted by molar-refractivity contribution is 6.39. The number of anilines is 1. The molecular formula is C28H32Cl2N4O5. The van der Waals surface area contributed by atoms with Gasteiger partial charge in [0.2, 0.25) is 5.89 Å². The third kappa shape index (κ3) is 5.67. The molecule has 6 rings (SSSR count). The van der Waals surface area contributed by atoms with Crippen molar-refractivity contribution in [2.75, 3.05) is 25.1 Å². The zero-order valence-electron chi connectivity index (χ0n) is 21.9. The molecule has 0 N–H and O–H groups in total. The van der Waals surface area contributed by atoms with Gasteiger partial charge in [-0.15, -0.1) is 0 Å². The maximum absolute atomic E-state index is 11.8. The second-order valence-corrected chi connectivity index (χ2v) is 11.6. The SMILES string of the molecule is COC(=O)C1CCC(c2nc(N3CCC(OCc4c(-c5c(Cl)cccc5Cl)noc4C4CC4)CC3)no2)CC1. The van der Waals surface area contributed by atoms with Crippen molar-refractivity contribution in [1.29, 1.82) is 0 Å². The van der Waals surface area contributed by atoms with E-state index in [0.717, 1.165) is 75.8 Å². The molecule has 3 fully saturated rings. The first-order valence-corrected chi connectivity index (χ1v) is 14.5. The maximum atomic E-state index is 11.8. The summed E-state index contributed by atoms with van der Waals surface area (Å²) in [6, 6.07) is 5.44. The minimum Gasteiger partial charge on any atom is -0.469 e. The van der Waals surface area contributed by atoms with Crippen molar-refractivity contribution in [2.45, 2.75) is 75.9 Å². The Labute approximate surface area is 237 Å². The summed E-state index contributed by atoms with van der Waals surface area (Å²) >= 11 is 13.0. The number of methoxy groups -OCH3 is 1. The number of piperidine rings is 1. The number of hydrogen-bond donors (Lipinski definition) is 0. The van der Waals surface area contributed by atoms with Gasteiger partial charge in [-0.25, -0.2) is 0 Å². The fraction of sp³-hybridized carbons (Fsp3) is 0.571. The Kier molecular flexibility index (Phi) is 7.82. The van der Waals surface area contributed by atoms with Gasteiger partial charge in [0.1, 0.15) is 11.5 Å². The summed E-state index contributed by atoms with van der Waals surface area (Å²) in [4.78, 5) is 18.7. The van der Waals surface area contributed by atoms with Gasteiger partial charge in [-0.1, -0.05) is 34.4 Å². The van der Waals surface area contributed by atoms with Crippen molar-refractivity contribution in [2.24, 2.45) is 5.92 Å². The van der Waals surface area contributed by atoms with Gasteiger partial charge in [-0.3, -0.25) is 4.79 Å². The highest BCUT2D eigenvalue weighted by Crippen LogP contribution is 2.46. The number of halogens is 2. The fourth-order valence-corrected chi connectivity index (χ4v) is 6.31. The number of carbonyl (C=O) groups is 1. The van der Waals surface area contributed by atoms with Crippen LogP contribution in [0.25, 0.3) is 11.3 Å². The minimum absolute atomic E-state index is 0.0244. The van der Waals surface area contributed by atoms with Crippen LogP contribution in [-0.2, 0) is 20.9 Å². The average Bonchev–Trinajstić information content (AvgIpc) is 3.53. The molecule has 208 valence electrons. The highest BCUT2D eigenvalue weighted by Gasteiger charge is 2.35. The minimum atomic E-state index is -0.124. The molecular weight excluding hydrogens is 543 g/mol. The number of hydrogen-bond acceptors (Lipinski definition) is 9. The first-order chi connectivity index (χ1) is 19.0. The predicted molar refractivity (Wildman–Crippen MR) is 145 cm³/mol. The third-order valence-corrected chi connectivity index (χ3v) is 8.83. The van der Waals surface area contributed by atoms with E-state index in [1.54, 1.807) is 0 Å². The average molecular weight is 575 g/mol. The molecule has 0 bridgehead atoms. The maximum Gasteiger partial charge on any atom is 0.308 e. The molecule has 3 heterocycles. The number of esters is 1. The molecule has 0 radical (unpaired) electrons.